The van der Waals surface area contributed by atoms with E-state index in [9.17, 15) is 4.79 Å². The third-order valence-electron chi connectivity index (χ3n) is 2.58. The van der Waals surface area contributed by atoms with Crippen molar-refractivity contribution in [3.63, 3.8) is 0 Å². The molecule has 0 saturated heterocycles. The van der Waals surface area contributed by atoms with Gasteiger partial charge in [-0.3, -0.25) is 4.79 Å². The minimum Gasteiger partial charge on any atom is -0.309 e. The van der Waals surface area contributed by atoms with Gasteiger partial charge in [-0.25, -0.2) is 10.8 Å². The number of nitrogens with two attached hydrogens (primary N) is 1. The Kier molecular flexibility index (Phi) is 3.20. The molecular weight excluding hydrogens is 216 g/mol. The van der Waals surface area contributed by atoms with Gasteiger partial charge in [-0.2, -0.15) is 0 Å². The van der Waals surface area contributed by atoms with Gasteiger partial charge < -0.3 is 9.99 Å². The number of pyridine rings is 2. The molecule has 0 amide bonds. The molecule has 2 aromatic rings. The molecule has 2 rings (SSSR count). The minimum absolute atomic E-state index is 0.0101. The second-order valence-corrected chi connectivity index (χ2v) is 3.79. The molecule has 0 saturated carbocycles. The van der Waals surface area contributed by atoms with Crippen molar-refractivity contribution in [1.82, 2.24) is 9.55 Å². The van der Waals surface area contributed by atoms with Crippen LogP contribution >= 0.6 is 0 Å². The maximum absolute atomic E-state index is 11.7. The van der Waals surface area contributed by atoms with Crippen LogP contribution in [0.25, 0.3) is 0 Å². The molecule has 5 nitrogen and oxygen atoms in total. The van der Waals surface area contributed by atoms with Gasteiger partial charge in [0.05, 0.1) is 6.54 Å². The number of nitrogens with zero attached hydrogens (tertiary/aromatic N) is 2. The lowest BCUT2D eigenvalue weighted by atomic mass is 10.2. The molecule has 0 fully saturated rings. The van der Waals surface area contributed by atoms with Crippen molar-refractivity contribution in [2.24, 2.45) is 5.84 Å². The summed E-state index contributed by atoms with van der Waals surface area (Å²) in [6.07, 6.45) is 1.66. The summed E-state index contributed by atoms with van der Waals surface area (Å²) in [6, 6.07) is 8.90. The first kappa shape index (κ1) is 11.3. The quantitative estimate of drug-likeness (QED) is 0.606. The van der Waals surface area contributed by atoms with E-state index in [2.05, 4.69) is 10.4 Å². The van der Waals surface area contributed by atoms with Crippen molar-refractivity contribution in [3.05, 3.63) is 58.1 Å². The molecule has 5 heteroatoms. The highest BCUT2D eigenvalue weighted by Gasteiger charge is 2.01. The fraction of sp³-hybridized carbons (Fsp3) is 0.167. The largest absolute Gasteiger partial charge is 0.309 e. The van der Waals surface area contributed by atoms with Gasteiger partial charge in [0, 0.05) is 18.0 Å². The Morgan fingerprint density at radius 2 is 2.24 bits per heavy atom. The van der Waals surface area contributed by atoms with Crippen LogP contribution < -0.4 is 16.8 Å². The van der Waals surface area contributed by atoms with E-state index in [1.807, 2.05) is 25.1 Å². The molecule has 0 aliphatic rings. The Balaban J connectivity index is 2.34. The Hall–Kier alpha value is -2.14. The van der Waals surface area contributed by atoms with Gasteiger partial charge >= 0.3 is 0 Å². The summed E-state index contributed by atoms with van der Waals surface area (Å²) in [4.78, 5) is 15.7. The Bertz CT molecular complexity index is 577. The molecule has 0 radical (unpaired) electrons. The van der Waals surface area contributed by atoms with E-state index in [4.69, 9.17) is 5.84 Å². The third-order valence-corrected chi connectivity index (χ3v) is 2.58. The zero-order chi connectivity index (χ0) is 12.3. The number of rotatable bonds is 3. The maximum Gasteiger partial charge on any atom is 0.251 e. The standard InChI is InChI=1S/C12H14N4O/c1-9-3-2-4-12(17)16(9)8-10-5-6-14-11(7-10)15-13/h2-7H,8,13H2,1H3,(H,14,15). The molecule has 0 aliphatic heterocycles. The lowest BCUT2D eigenvalue weighted by molar-refractivity contribution is 0.729. The normalized spacial score (nSPS) is 10.2. The average Bonchev–Trinajstić information content (AvgIpc) is 2.34. The molecule has 3 N–H and O–H groups in total. The third kappa shape index (κ3) is 2.51. The number of hydrazine groups is 1. The van der Waals surface area contributed by atoms with Crippen molar-refractivity contribution in [2.75, 3.05) is 5.43 Å². The van der Waals surface area contributed by atoms with Crippen LogP contribution in [0.3, 0.4) is 0 Å². The van der Waals surface area contributed by atoms with E-state index in [-0.39, 0.29) is 5.56 Å². The van der Waals surface area contributed by atoms with Crippen molar-refractivity contribution >= 4 is 5.82 Å². The molecule has 0 unspecified atom stereocenters. The highest BCUT2D eigenvalue weighted by Crippen LogP contribution is 2.07. The molecule has 0 aliphatic carbocycles. The first-order valence-corrected chi connectivity index (χ1v) is 5.28. The van der Waals surface area contributed by atoms with Crippen LogP contribution in [0.5, 0.6) is 0 Å². The number of nitrogens with one attached hydrogen (secondary N) is 1. The number of nitrogen functional groups attached to an aromatic ring is 1. The molecule has 0 spiro atoms. The first-order chi connectivity index (χ1) is 8.20. The summed E-state index contributed by atoms with van der Waals surface area (Å²) in [5, 5.41) is 0. The number of hydrogen-bond donors (Lipinski definition) is 2. The Morgan fingerprint density at radius 3 is 2.94 bits per heavy atom. The number of aryl methyl sites for hydroxylation is 1. The van der Waals surface area contributed by atoms with E-state index in [1.54, 1.807) is 22.9 Å². The number of anilines is 1. The van der Waals surface area contributed by atoms with Gasteiger partial charge in [0.1, 0.15) is 5.82 Å². The van der Waals surface area contributed by atoms with Crippen molar-refractivity contribution in [3.8, 4) is 0 Å². The molecule has 2 heterocycles. The number of hydrogen-bond acceptors (Lipinski definition) is 4. The van der Waals surface area contributed by atoms with Gasteiger partial charge in [0.25, 0.3) is 5.56 Å². The van der Waals surface area contributed by atoms with Gasteiger partial charge in [0.2, 0.25) is 0 Å². The number of aromatic nitrogens is 2. The van der Waals surface area contributed by atoms with Crippen LogP contribution in [-0.2, 0) is 6.54 Å². The van der Waals surface area contributed by atoms with E-state index in [1.165, 1.54) is 0 Å². The van der Waals surface area contributed by atoms with E-state index in [0.717, 1.165) is 11.3 Å². The predicted molar refractivity (Wildman–Crippen MR) is 66.6 cm³/mol. The summed E-state index contributed by atoms with van der Waals surface area (Å²) in [7, 11) is 0. The maximum atomic E-state index is 11.7. The average molecular weight is 230 g/mol. The fourth-order valence-corrected chi connectivity index (χ4v) is 1.66. The van der Waals surface area contributed by atoms with Gasteiger partial charge in [-0.05, 0) is 30.7 Å². The summed E-state index contributed by atoms with van der Waals surface area (Å²) in [6.45, 7) is 2.42. The summed E-state index contributed by atoms with van der Waals surface area (Å²) >= 11 is 0. The van der Waals surface area contributed by atoms with Crippen molar-refractivity contribution in [2.45, 2.75) is 13.5 Å². The highest BCUT2D eigenvalue weighted by molar-refractivity contribution is 5.36. The molecular formula is C12H14N4O. The second-order valence-electron chi connectivity index (χ2n) is 3.79. The second kappa shape index (κ2) is 4.80. The fourth-order valence-electron chi connectivity index (χ4n) is 1.66. The van der Waals surface area contributed by atoms with E-state index < -0.39 is 0 Å². The minimum atomic E-state index is -0.0101. The Labute approximate surface area is 98.9 Å². The van der Waals surface area contributed by atoms with E-state index >= 15 is 0 Å². The molecule has 17 heavy (non-hydrogen) atoms. The predicted octanol–water partition coefficient (Wildman–Crippen LogP) is 0.886. The summed E-state index contributed by atoms with van der Waals surface area (Å²) in [5.41, 5.74) is 4.38. The lowest BCUT2D eigenvalue weighted by Crippen LogP contribution is -2.21. The van der Waals surface area contributed by atoms with Gasteiger partial charge in [0.15, 0.2) is 0 Å². The van der Waals surface area contributed by atoms with Crippen LogP contribution in [0, 0.1) is 6.92 Å². The molecule has 0 atom stereocenters. The van der Waals surface area contributed by atoms with Crippen molar-refractivity contribution in [1.29, 1.82) is 0 Å². The highest BCUT2D eigenvalue weighted by atomic mass is 16.1. The Morgan fingerprint density at radius 1 is 1.41 bits per heavy atom. The van der Waals surface area contributed by atoms with Crippen LogP contribution in [0.2, 0.25) is 0 Å². The van der Waals surface area contributed by atoms with Crippen LogP contribution in [0.4, 0.5) is 5.82 Å². The van der Waals surface area contributed by atoms with Gasteiger partial charge in [-0.15, -0.1) is 0 Å². The SMILES string of the molecule is Cc1cccc(=O)n1Cc1ccnc(NN)c1. The molecule has 88 valence electrons. The van der Waals surface area contributed by atoms with E-state index in [0.29, 0.717) is 12.4 Å². The van der Waals surface area contributed by atoms with Crippen LogP contribution in [0.15, 0.2) is 41.3 Å². The van der Waals surface area contributed by atoms with Crippen LogP contribution in [-0.4, -0.2) is 9.55 Å². The molecule has 0 bridgehead atoms. The lowest BCUT2D eigenvalue weighted by Gasteiger charge is -2.09. The molecule has 2 aromatic heterocycles. The topological polar surface area (TPSA) is 72.9 Å². The smallest absolute Gasteiger partial charge is 0.251 e. The molecule has 0 aromatic carbocycles. The zero-order valence-electron chi connectivity index (χ0n) is 9.55. The van der Waals surface area contributed by atoms with Crippen molar-refractivity contribution < 1.29 is 0 Å². The van der Waals surface area contributed by atoms with Gasteiger partial charge in [-0.1, -0.05) is 6.07 Å². The zero-order valence-corrected chi connectivity index (χ0v) is 9.55. The summed E-state index contributed by atoms with van der Waals surface area (Å²) in [5.74, 6) is 5.88. The van der Waals surface area contributed by atoms with Crippen LogP contribution in [0.1, 0.15) is 11.3 Å². The summed E-state index contributed by atoms with van der Waals surface area (Å²) < 4.78 is 1.70. The first-order valence-electron chi connectivity index (χ1n) is 5.28. The monoisotopic (exact) mass is 230 g/mol.